The quantitative estimate of drug-likeness (QED) is 0.0176. The first-order valence-electron chi connectivity index (χ1n) is 26.8. The normalized spacial score (nSPS) is 14.3. The number of aromatic hydroxyl groups is 1. The van der Waals surface area contributed by atoms with Crippen LogP contribution in [0.1, 0.15) is 82.9 Å². The van der Waals surface area contributed by atoms with Crippen LogP contribution in [0.4, 0.5) is 0 Å². The van der Waals surface area contributed by atoms with Crippen molar-refractivity contribution in [3.63, 3.8) is 0 Å². The lowest BCUT2D eigenvalue weighted by Gasteiger charge is -2.30. The second kappa shape index (κ2) is 33.0. The van der Waals surface area contributed by atoms with Gasteiger partial charge < -0.3 is 75.3 Å². The fourth-order valence-corrected chi connectivity index (χ4v) is 9.17. The van der Waals surface area contributed by atoms with E-state index < -0.39 is 107 Å². The van der Waals surface area contributed by atoms with Gasteiger partial charge in [-0.15, -0.1) is 0 Å². The molecule has 7 amide bonds. The molecule has 8 atom stereocenters. The van der Waals surface area contributed by atoms with E-state index in [1.165, 1.54) is 23.9 Å². The number of thioether (sulfide) groups is 1. The summed E-state index contributed by atoms with van der Waals surface area (Å²) in [5.41, 5.74) is 25.4. The van der Waals surface area contributed by atoms with Crippen molar-refractivity contribution >= 4 is 75.9 Å². The molecule has 8 unspecified atom stereocenters. The van der Waals surface area contributed by atoms with E-state index in [0.29, 0.717) is 48.3 Å². The fraction of sp³-hybridized carbons (Fsp3) is 0.482. The number of amides is 7. The van der Waals surface area contributed by atoms with Gasteiger partial charge in [-0.2, -0.15) is 11.8 Å². The molecule has 0 bridgehead atoms. The molecule has 0 radical (unpaired) electrons. The Morgan fingerprint density at radius 1 is 0.575 bits per heavy atom. The predicted octanol–water partition coefficient (Wildman–Crippen LogP) is 0.955. The number of guanidine groups is 1. The van der Waals surface area contributed by atoms with E-state index in [9.17, 15) is 48.6 Å². The molecule has 0 aliphatic heterocycles. The van der Waals surface area contributed by atoms with Crippen LogP contribution in [-0.2, 0) is 57.6 Å². The van der Waals surface area contributed by atoms with Gasteiger partial charge in [-0.05, 0) is 104 Å². The summed E-state index contributed by atoms with van der Waals surface area (Å²) in [7, 11) is 0. The minimum absolute atomic E-state index is 0.0201. The SMILES string of the molecule is CSCCC(NC(=O)C(NC(=O)C(NC(=O)C(Cc1ccc(O)cc1)NC(=O)C(Cc1ccccc1)NC(=O)C(N)CCCN=C(N)N)C(C)C)C(C)C)C(=O)NC(Cc1c[nH]c2ccccc12)C(=O)NC(CCCCN)C(=O)O. The third-order valence-corrected chi connectivity index (χ3v) is 13.9. The zero-order valence-electron chi connectivity index (χ0n) is 46.2. The Morgan fingerprint density at radius 3 is 1.65 bits per heavy atom. The van der Waals surface area contributed by atoms with Gasteiger partial charge in [-0.25, -0.2) is 4.79 Å². The maximum atomic E-state index is 14.5. The van der Waals surface area contributed by atoms with E-state index in [0.717, 1.165) is 10.9 Å². The first-order valence-corrected chi connectivity index (χ1v) is 28.2. The van der Waals surface area contributed by atoms with Gasteiger partial charge in [0.2, 0.25) is 41.4 Å². The summed E-state index contributed by atoms with van der Waals surface area (Å²) in [6.45, 7) is 7.31. The number of aromatic nitrogens is 1. The van der Waals surface area contributed by atoms with Crippen molar-refractivity contribution in [1.82, 2.24) is 42.2 Å². The Hall–Kier alpha value is -7.70. The van der Waals surface area contributed by atoms with Gasteiger partial charge in [-0.1, -0.05) is 88.4 Å². The molecule has 0 spiro atoms. The number of nitrogens with zero attached hydrogens (tertiary/aromatic N) is 1. The average Bonchev–Trinajstić information content (AvgIpc) is 3.83. The van der Waals surface area contributed by atoms with Crippen LogP contribution in [0.25, 0.3) is 10.9 Å². The number of carboxylic acids is 1. The van der Waals surface area contributed by atoms with Gasteiger partial charge in [-0.3, -0.25) is 38.6 Å². The number of hydrogen-bond acceptors (Lipinski definition) is 13. The van der Waals surface area contributed by atoms with Crippen LogP contribution in [0.3, 0.4) is 0 Å². The summed E-state index contributed by atoms with van der Waals surface area (Å²) in [5, 5.41) is 40.0. The molecule has 24 heteroatoms. The van der Waals surface area contributed by atoms with E-state index in [1.54, 1.807) is 76.4 Å². The molecule has 436 valence electrons. The van der Waals surface area contributed by atoms with Crippen LogP contribution in [-0.4, -0.2) is 142 Å². The lowest BCUT2D eigenvalue weighted by Crippen LogP contribution is -2.62. The number of para-hydroxylation sites is 1. The number of nitrogens with one attached hydrogen (secondary N) is 8. The van der Waals surface area contributed by atoms with Crippen molar-refractivity contribution in [3.05, 3.63) is 102 Å². The van der Waals surface area contributed by atoms with Crippen molar-refractivity contribution in [2.24, 2.45) is 39.8 Å². The number of hydrogen-bond donors (Lipinski definition) is 14. The zero-order valence-corrected chi connectivity index (χ0v) is 47.0. The summed E-state index contributed by atoms with van der Waals surface area (Å²) in [4.78, 5) is 119. The highest BCUT2D eigenvalue weighted by molar-refractivity contribution is 7.98. The number of nitrogens with two attached hydrogens (primary N) is 4. The van der Waals surface area contributed by atoms with Crippen molar-refractivity contribution in [2.75, 3.05) is 25.1 Å². The highest BCUT2D eigenvalue weighted by atomic mass is 32.2. The van der Waals surface area contributed by atoms with Gasteiger partial charge >= 0.3 is 5.97 Å². The van der Waals surface area contributed by atoms with Crippen LogP contribution in [0.5, 0.6) is 5.75 Å². The Bertz CT molecular complexity index is 2700. The van der Waals surface area contributed by atoms with Crippen LogP contribution >= 0.6 is 11.8 Å². The van der Waals surface area contributed by atoms with Gasteiger partial charge in [0.05, 0.1) is 6.04 Å². The number of carboxylic acid groups (broad SMARTS) is 1. The molecule has 4 aromatic rings. The van der Waals surface area contributed by atoms with E-state index in [4.69, 9.17) is 22.9 Å². The van der Waals surface area contributed by atoms with Gasteiger partial charge in [0.1, 0.15) is 48.0 Å². The summed E-state index contributed by atoms with van der Waals surface area (Å²) in [5.74, 6) is -7.24. The highest BCUT2D eigenvalue weighted by Crippen LogP contribution is 2.20. The number of aromatic amines is 1. The summed E-state index contributed by atoms with van der Waals surface area (Å²) in [6, 6.07) is 12.3. The Kier molecular flexibility index (Phi) is 26.8. The van der Waals surface area contributed by atoms with Gasteiger partial charge in [0.25, 0.3) is 0 Å². The first kappa shape index (κ1) is 64.8. The fourth-order valence-electron chi connectivity index (χ4n) is 8.69. The minimum Gasteiger partial charge on any atom is -0.508 e. The van der Waals surface area contributed by atoms with Gasteiger partial charge in [0, 0.05) is 42.9 Å². The number of aliphatic imine (C=N–C) groups is 1. The van der Waals surface area contributed by atoms with E-state index in [-0.39, 0.29) is 56.8 Å². The Labute approximate surface area is 471 Å². The number of carbonyl (C=O) groups is 8. The molecule has 80 heavy (non-hydrogen) atoms. The number of rotatable bonds is 34. The molecule has 0 aliphatic rings. The number of carbonyl (C=O) groups excluding carboxylic acids is 7. The molecule has 1 heterocycles. The number of aliphatic carboxylic acids is 1. The molecule has 1 aromatic heterocycles. The van der Waals surface area contributed by atoms with Crippen LogP contribution < -0.4 is 60.2 Å². The Morgan fingerprint density at radius 2 is 1.07 bits per heavy atom. The molecule has 0 saturated heterocycles. The molecule has 3 aromatic carbocycles. The Balaban J connectivity index is 1.57. The summed E-state index contributed by atoms with van der Waals surface area (Å²) in [6.07, 6.45) is 5.17. The second-order valence-corrected chi connectivity index (χ2v) is 21.3. The summed E-state index contributed by atoms with van der Waals surface area (Å²) < 4.78 is 0. The zero-order chi connectivity index (χ0) is 58.9. The number of benzene rings is 3. The van der Waals surface area contributed by atoms with E-state index in [2.05, 4.69) is 47.2 Å². The third-order valence-electron chi connectivity index (χ3n) is 13.3. The second-order valence-electron chi connectivity index (χ2n) is 20.3. The minimum atomic E-state index is -1.35. The number of unbranched alkanes of at least 4 members (excludes halogenated alkanes) is 1. The summed E-state index contributed by atoms with van der Waals surface area (Å²) >= 11 is 1.41. The molecule has 23 nitrogen and oxygen atoms in total. The van der Waals surface area contributed by atoms with Crippen molar-refractivity contribution in [2.45, 2.75) is 134 Å². The van der Waals surface area contributed by atoms with Crippen molar-refractivity contribution in [1.29, 1.82) is 0 Å². The highest BCUT2D eigenvalue weighted by Gasteiger charge is 2.36. The van der Waals surface area contributed by atoms with Crippen LogP contribution in [0, 0.1) is 11.8 Å². The average molecular weight is 1130 g/mol. The van der Waals surface area contributed by atoms with Gasteiger partial charge in [0.15, 0.2) is 5.96 Å². The lowest BCUT2D eigenvalue weighted by atomic mass is 9.98. The molecular formula is C56H81N13O10S. The molecule has 0 saturated carbocycles. The monoisotopic (exact) mass is 1130 g/mol. The third kappa shape index (κ3) is 21.2. The first-order chi connectivity index (χ1) is 38.1. The predicted molar refractivity (Wildman–Crippen MR) is 309 cm³/mol. The van der Waals surface area contributed by atoms with Crippen molar-refractivity contribution in [3.8, 4) is 5.75 Å². The van der Waals surface area contributed by atoms with Crippen molar-refractivity contribution < 1.29 is 48.6 Å². The van der Waals surface area contributed by atoms with E-state index >= 15 is 0 Å². The number of phenolic OH excluding ortho intramolecular Hbond substituents is 1. The smallest absolute Gasteiger partial charge is 0.326 e. The molecule has 0 aliphatic carbocycles. The molecular weight excluding hydrogens is 1050 g/mol. The maximum absolute atomic E-state index is 14.5. The number of H-pyrrole nitrogens is 1. The number of phenols is 1. The maximum Gasteiger partial charge on any atom is 0.326 e. The van der Waals surface area contributed by atoms with Crippen LogP contribution in [0.15, 0.2) is 90.1 Å². The lowest BCUT2D eigenvalue weighted by molar-refractivity contribution is -0.142. The molecule has 0 fully saturated rings. The van der Waals surface area contributed by atoms with E-state index in [1.807, 2.05) is 30.5 Å². The largest absolute Gasteiger partial charge is 0.508 e. The topological polar surface area (TPSA) is 393 Å². The van der Waals surface area contributed by atoms with Crippen LogP contribution in [0.2, 0.25) is 0 Å². The standard InChI is InChI=1S/C56H81N13O10S/c1-32(2)46(53(76)63-41(24-27-80-5)49(72)67-45(30-36-31-62-40-18-10-9-16-38(36)40)51(74)64-42(55(78)79)19-11-12-25-57)69-54(77)47(33(3)4)68-52(75)44(29-35-20-22-37(70)23-21-35)66-50(73)43(28-34-14-7-6-8-15-34)65-48(71)39(58)17-13-26-61-56(59)60/h6-10,14-16,18,20-23,31-33,39,41-47,62,70H,11-13,17,19,24-30,57-58H2,1-5H3,(H,63,76)(H,64,74)(H,65,71)(H,66,73)(H,67,72)(H,68,75)(H,69,77)(H,78,79)(H4,59,60,61). The molecule has 18 N–H and O–H groups in total. The molecule has 4 rings (SSSR count). The number of fused-ring (bicyclic) bond motifs is 1.